The smallest absolute Gasteiger partial charge is 0.139 e. The fourth-order valence-electron chi connectivity index (χ4n) is 7.16. The first-order valence-electron chi connectivity index (χ1n) is 10.2. The molecular formula is C22H34O. The summed E-state index contributed by atoms with van der Waals surface area (Å²) in [7, 11) is 0. The van der Waals surface area contributed by atoms with E-state index < -0.39 is 0 Å². The Balaban J connectivity index is 1.61. The maximum Gasteiger partial charge on any atom is 0.139 e. The van der Waals surface area contributed by atoms with Gasteiger partial charge < -0.3 is 0 Å². The molecule has 0 bridgehead atoms. The van der Waals surface area contributed by atoms with Crippen LogP contribution in [0, 0.1) is 34.5 Å². The molecule has 0 aliphatic heterocycles. The Hall–Kier alpha value is -0.590. The normalized spacial score (nSPS) is 49.2. The van der Waals surface area contributed by atoms with Crippen LogP contribution >= 0.6 is 0 Å². The summed E-state index contributed by atoms with van der Waals surface area (Å²) in [5.74, 6) is 3.84. The van der Waals surface area contributed by atoms with Crippen molar-refractivity contribution in [2.24, 2.45) is 34.5 Å². The summed E-state index contributed by atoms with van der Waals surface area (Å²) >= 11 is 0. The molecule has 1 heteroatoms. The molecule has 4 rings (SSSR count). The highest BCUT2D eigenvalue weighted by Gasteiger charge is 2.58. The summed E-state index contributed by atoms with van der Waals surface area (Å²) in [5.41, 5.74) is 2.29. The Morgan fingerprint density at radius 2 is 1.83 bits per heavy atom. The lowest BCUT2D eigenvalue weighted by Crippen LogP contribution is -2.50. The minimum atomic E-state index is 0.0300. The molecule has 0 aromatic carbocycles. The molecule has 6 atom stereocenters. The van der Waals surface area contributed by atoms with Crippen molar-refractivity contribution in [2.45, 2.75) is 85.0 Å². The van der Waals surface area contributed by atoms with Gasteiger partial charge in [0.1, 0.15) is 5.78 Å². The predicted octanol–water partition coefficient (Wildman–Crippen LogP) is 5.93. The van der Waals surface area contributed by atoms with Crippen molar-refractivity contribution in [1.29, 1.82) is 0 Å². The zero-order valence-electron chi connectivity index (χ0n) is 15.4. The van der Waals surface area contributed by atoms with Crippen LogP contribution in [0.1, 0.15) is 85.0 Å². The number of hydrogen-bond acceptors (Lipinski definition) is 1. The number of hydrogen-bond donors (Lipinski definition) is 0. The largest absolute Gasteiger partial charge is 0.299 e. The molecular weight excluding hydrogens is 280 g/mol. The quantitative estimate of drug-likeness (QED) is 0.577. The average Bonchev–Trinajstić information content (AvgIpc) is 2.84. The van der Waals surface area contributed by atoms with E-state index in [9.17, 15) is 4.79 Å². The molecule has 128 valence electrons. The van der Waals surface area contributed by atoms with E-state index in [0.717, 1.165) is 24.2 Å². The zero-order chi connectivity index (χ0) is 16.2. The number of carbonyl (C=O) groups excluding carboxylic acids is 1. The second kappa shape index (κ2) is 5.46. The highest BCUT2D eigenvalue weighted by molar-refractivity contribution is 5.87. The number of rotatable bonds is 2. The van der Waals surface area contributed by atoms with Gasteiger partial charge in [-0.2, -0.15) is 0 Å². The predicted molar refractivity (Wildman–Crippen MR) is 95.1 cm³/mol. The third kappa shape index (κ3) is 2.21. The molecule has 1 unspecified atom stereocenters. The fourth-order valence-corrected chi connectivity index (χ4v) is 7.16. The SMILES string of the molecule is CCCC1CC[C@@]2(C)C(=CC[C@@H]3[C@H]2CC[C@]2(C)C(=O)CC[C@@H]32)C1. The van der Waals surface area contributed by atoms with Gasteiger partial charge in [0.15, 0.2) is 0 Å². The van der Waals surface area contributed by atoms with Crippen LogP contribution < -0.4 is 0 Å². The van der Waals surface area contributed by atoms with E-state index in [0.29, 0.717) is 17.1 Å². The maximum atomic E-state index is 12.5. The van der Waals surface area contributed by atoms with Crippen molar-refractivity contribution in [3.05, 3.63) is 11.6 Å². The van der Waals surface area contributed by atoms with Crippen LogP contribution in [-0.4, -0.2) is 5.78 Å². The molecule has 0 heterocycles. The second-order valence-electron chi connectivity index (χ2n) is 9.57. The summed E-state index contributed by atoms with van der Waals surface area (Å²) in [5, 5.41) is 0. The molecule has 23 heavy (non-hydrogen) atoms. The molecule has 0 radical (unpaired) electrons. The van der Waals surface area contributed by atoms with Crippen LogP contribution in [-0.2, 0) is 4.79 Å². The molecule has 0 aromatic heterocycles. The summed E-state index contributed by atoms with van der Waals surface area (Å²) < 4.78 is 0. The lowest BCUT2D eigenvalue weighted by molar-refractivity contribution is -0.131. The summed E-state index contributed by atoms with van der Waals surface area (Å²) in [4.78, 5) is 12.5. The van der Waals surface area contributed by atoms with E-state index in [1.165, 1.54) is 57.8 Å². The first-order chi connectivity index (χ1) is 11.0. The van der Waals surface area contributed by atoms with Crippen LogP contribution in [0.25, 0.3) is 0 Å². The van der Waals surface area contributed by atoms with Crippen molar-refractivity contribution in [1.82, 2.24) is 0 Å². The van der Waals surface area contributed by atoms with Gasteiger partial charge in [-0.3, -0.25) is 4.79 Å². The first kappa shape index (κ1) is 15.9. The van der Waals surface area contributed by atoms with Gasteiger partial charge in [-0.15, -0.1) is 0 Å². The minimum Gasteiger partial charge on any atom is -0.299 e. The third-order valence-electron chi connectivity index (χ3n) is 8.61. The van der Waals surface area contributed by atoms with Crippen molar-refractivity contribution in [3.63, 3.8) is 0 Å². The van der Waals surface area contributed by atoms with Crippen molar-refractivity contribution in [2.75, 3.05) is 0 Å². The van der Waals surface area contributed by atoms with E-state index in [4.69, 9.17) is 0 Å². The summed E-state index contributed by atoms with van der Waals surface area (Å²) in [6.07, 6.45) is 15.4. The zero-order valence-corrected chi connectivity index (χ0v) is 15.4. The Kier molecular flexibility index (Phi) is 3.78. The monoisotopic (exact) mass is 314 g/mol. The van der Waals surface area contributed by atoms with Crippen LogP contribution in [0.3, 0.4) is 0 Å². The lowest BCUT2D eigenvalue weighted by atomic mass is 9.47. The van der Waals surface area contributed by atoms with Gasteiger partial charge in [0.2, 0.25) is 0 Å². The Morgan fingerprint density at radius 1 is 1.09 bits per heavy atom. The number of Topliss-reactive ketones (excluding diaryl/α,β-unsaturated/α-hetero) is 1. The van der Waals surface area contributed by atoms with Crippen molar-refractivity contribution >= 4 is 5.78 Å². The van der Waals surface area contributed by atoms with E-state index in [1.54, 1.807) is 5.57 Å². The maximum absolute atomic E-state index is 12.5. The number of allylic oxidation sites excluding steroid dienone is 2. The standard InChI is InChI=1S/C22H34O/c1-4-5-15-10-12-21(2)16(14-15)6-7-17-18-8-9-20(23)22(18,3)13-11-19(17)21/h6,15,17-19H,4-5,7-14H2,1-3H3/t15?,17-,18-,19+,21-,22-/m0/s1. The molecule has 1 nitrogen and oxygen atoms in total. The Bertz CT molecular complexity index is 532. The van der Waals surface area contributed by atoms with Crippen molar-refractivity contribution in [3.8, 4) is 0 Å². The molecule has 0 spiro atoms. The van der Waals surface area contributed by atoms with Gasteiger partial charge in [-0.1, -0.05) is 45.3 Å². The lowest BCUT2D eigenvalue weighted by Gasteiger charge is -2.57. The number of carbonyl (C=O) groups is 1. The van der Waals surface area contributed by atoms with Gasteiger partial charge >= 0.3 is 0 Å². The van der Waals surface area contributed by atoms with E-state index in [2.05, 4.69) is 26.8 Å². The van der Waals surface area contributed by atoms with E-state index in [1.807, 2.05) is 0 Å². The van der Waals surface area contributed by atoms with Crippen LogP contribution in [0.15, 0.2) is 11.6 Å². The topological polar surface area (TPSA) is 17.1 Å². The summed E-state index contributed by atoms with van der Waals surface area (Å²) in [6, 6.07) is 0. The van der Waals surface area contributed by atoms with Crippen LogP contribution in [0.4, 0.5) is 0 Å². The average molecular weight is 315 g/mol. The molecule has 3 fully saturated rings. The van der Waals surface area contributed by atoms with Gasteiger partial charge in [0.25, 0.3) is 0 Å². The Morgan fingerprint density at radius 3 is 2.61 bits per heavy atom. The van der Waals surface area contributed by atoms with Gasteiger partial charge in [0, 0.05) is 11.8 Å². The molecule has 0 amide bonds. The highest BCUT2D eigenvalue weighted by Crippen LogP contribution is 2.64. The fraction of sp³-hybridized carbons (Fsp3) is 0.864. The molecule has 4 aliphatic rings. The minimum absolute atomic E-state index is 0.0300. The molecule has 0 N–H and O–H groups in total. The van der Waals surface area contributed by atoms with Gasteiger partial charge in [-0.25, -0.2) is 0 Å². The number of ketones is 1. The summed E-state index contributed by atoms with van der Waals surface area (Å²) in [6.45, 7) is 7.21. The Labute approximate surface area is 142 Å². The molecule has 4 aliphatic carbocycles. The second-order valence-corrected chi connectivity index (χ2v) is 9.57. The third-order valence-corrected chi connectivity index (χ3v) is 8.61. The van der Waals surface area contributed by atoms with Gasteiger partial charge in [-0.05, 0) is 74.0 Å². The van der Waals surface area contributed by atoms with E-state index in [-0.39, 0.29) is 5.41 Å². The van der Waals surface area contributed by atoms with Crippen LogP contribution in [0.2, 0.25) is 0 Å². The molecule has 0 saturated heterocycles. The van der Waals surface area contributed by atoms with E-state index >= 15 is 0 Å². The van der Waals surface area contributed by atoms with Crippen LogP contribution in [0.5, 0.6) is 0 Å². The van der Waals surface area contributed by atoms with Crippen molar-refractivity contribution < 1.29 is 4.79 Å². The highest BCUT2D eigenvalue weighted by atomic mass is 16.1. The number of fused-ring (bicyclic) bond motifs is 5. The molecule has 0 aromatic rings. The first-order valence-corrected chi connectivity index (χ1v) is 10.2. The molecule has 3 saturated carbocycles. The van der Waals surface area contributed by atoms with Gasteiger partial charge in [0.05, 0.1) is 0 Å².